The molecular weight excluding hydrogens is 576 g/mol. The normalized spacial score (nSPS) is 13.9. The standard InChI is InChI=1S/C28H26F4N6O5/c1-16(39)42-8-7-38-15-19(26(36-38)41-2)10-23-33-13-20(14-34-23)17-3-4-18(21(29)9-17)11-25(40)35-24-12-22(43-37-24)27(5-6-27)28(30,31)32/h3-4,9,12-15H,5-8,10-11H2,1-2H3,(H,35,37,40). The molecule has 0 atom stereocenters. The molecule has 0 aliphatic heterocycles. The van der Waals surface area contributed by atoms with Crippen molar-refractivity contribution in [3.63, 3.8) is 0 Å². The summed E-state index contributed by atoms with van der Waals surface area (Å²) in [6.45, 7) is 1.84. The van der Waals surface area contributed by atoms with E-state index < -0.39 is 23.3 Å². The summed E-state index contributed by atoms with van der Waals surface area (Å²) < 4.78 is 71.4. The first-order valence-corrected chi connectivity index (χ1v) is 13.1. The molecule has 0 unspecified atom stereocenters. The van der Waals surface area contributed by atoms with Gasteiger partial charge >= 0.3 is 12.1 Å². The van der Waals surface area contributed by atoms with E-state index in [1.54, 1.807) is 16.9 Å². The Morgan fingerprint density at radius 3 is 2.49 bits per heavy atom. The number of hydrogen-bond acceptors (Lipinski definition) is 9. The summed E-state index contributed by atoms with van der Waals surface area (Å²) in [6.07, 6.45) is 0.0749. The molecule has 0 saturated heterocycles. The summed E-state index contributed by atoms with van der Waals surface area (Å²) in [5, 5.41) is 10.2. The maximum Gasteiger partial charge on any atom is 0.401 e. The van der Waals surface area contributed by atoms with Crippen molar-refractivity contribution in [2.75, 3.05) is 19.0 Å². The van der Waals surface area contributed by atoms with Gasteiger partial charge in [0.05, 0.1) is 20.1 Å². The maximum atomic E-state index is 14.9. The summed E-state index contributed by atoms with van der Waals surface area (Å²) in [6, 6.07) is 5.33. The van der Waals surface area contributed by atoms with Crippen molar-refractivity contribution in [1.29, 1.82) is 0 Å². The molecule has 11 nitrogen and oxygen atoms in total. The van der Waals surface area contributed by atoms with E-state index in [9.17, 15) is 27.2 Å². The predicted molar refractivity (Wildman–Crippen MR) is 141 cm³/mol. The van der Waals surface area contributed by atoms with Gasteiger partial charge in [0.25, 0.3) is 0 Å². The maximum absolute atomic E-state index is 14.9. The van der Waals surface area contributed by atoms with Crippen LogP contribution in [0, 0.1) is 5.82 Å². The summed E-state index contributed by atoms with van der Waals surface area (Å²) in [5.74, 6) is -1.38. The van der Waals surface area contributed by atoms with E-state index in [1.165, 1.54) is 38.6 Å². The molecule has 0 spiro atoms. The van der Waals surface area contributed by atoms with Gasteiger partial charge in [0.1, 0.15) is 23.7 Å². The molecule has 226 valence electrons. The number of anilines is 1. The highest BCUT2D eigenvalue weighted by Crippen LogP contribution is 2.59. The molecule has 3 heterocycles. The monoisotopic (exact) mass is 602 g/mol. The minimum absolute atomic E-state index is 0.0780. The molecular formula is C28H26F4N6O5. The fourth-order valence-electron chi connectivity index (χ4n) is 4.49. The number of rotatable bonds is 11. The summed E-state index contributed by atoms with van der Waals surface area (Å²) in [5.41, 5.74) is -0.241. The number of alkyl halides is 3. The lowest BCUT2D eigenvalue weighted by atomic mass is 10.0. The number of benzene rings is 1. The Bertz CT molecular complexity index is 1630. The van der Waals surface area contributed by atoms with Crippen molar-refractivity contribution in [3.05, 3.63) is 71.4 Å². The van der Waals surface area contributed by atoms with E-state index >= 15 is 0 Å². The Morgan fingerprint density at radius 2 is 1.86 bits per heavy atom. The molecule has 1 aliphatic rings. The fraction of sp³-hybridized carbons (Fsp3) is 0.357. The van der Waals surface area contributed by atoms with Gasteiger partial charge in [0.2, 0.25) is 11.8 Å². The lowest BCUT2D eigenvalue weighted by Crippen LogP contribution is -2.28. The number of nitrogens with one attached hydrogen (secondary N) is 1. The van der Waals surface area contributed by atoms with Gasteiger partial charge < -0.3 is 19.3 Å². The first kappa shape index (κ1) is 29.7. The third-order valence-electron chi connectivity index (χ3n) is 6.95. The van der Waals surface area contributed by atoms with Crippen LogP contribution in [0.1, 0.15) is 42.5 Å². The molecule has 4 aromatic rings. The highest BCUT2D eigenvalue weighted by Gasteiger charge is 2.66. The van der Waals surface area contributed by atoms with Gasteiger partial charge in [-0.25, -0.2) is 14.4 Å². The molecule has 3 aromatic heterocycles. The Balaban J connectivity index is 1.19. The Labute approximate surface area is 242 Å². The number of halogens is 4. The zero-order chi connectivity index (χ0) is 30.8. The van der Waals surface area contributed by atoms with Crippen molar-refractivity contribution in [1.82, 2.24) is 24.9 Å². The molecule has 1 fully saturated rings. The van der Waals surface area contributed by atoms with Gasteiger partial charge in [0, 0.05) is 49.1 Å². The van der Waals surface area contributed by atoms with Crippen LogP contribution in [0.15, 0.2) is 47.4 Å². The average molecular weight is 603 g/mol. The van der Waals surface area contributed by atoms with Gasteiger partial charge in [-0.1, -0.05) is 17.3 Å². The topological polar surface area (TPSA) is 134 Å². The zero-order valence-corrected chi connectivity index (χ0v) is 23.1. The zero-order valence-electron chi connectivity index (χ0n) is 23.1. The van der Waals surface area contributed by atoms with Gasteiger partial charge in [-0.05, 0) is 30.0 Å². The number of amides is 1. The van der Waals surface area contributed by atoms with Crippen LogP contribution in [-0.2, 0) is 39.1 Å². The highest BCUT2D eigenvalue weighted by molar-refractivity contribution is 5.91. The molecule has 1 amide bonds. The second kappa shape index (κ2) is 11.8. The average Bonchev–Trinajstić information content (AvgIpc) is 3.51. The van der Waals surface area contributed by atoms with Crippen LogP contribution in [0.2, 0.25) is 0 Å². The minimum Gasteiger partial charge on any atom is -0.480 e. The van der Waals surface area contributed by atoms with Crippen molar-refractivity contribution in [2.45, 2.75) is 50.7 Å². The molecule has 5 rings (SSSR count). The highest BCUT2D eigenvalue weighted by atomic mass is 19.4. The first-order valence-electron chi connectivity index (χ1n) is 13.1. The molecule has 1 saturated carbocycles. The number of hydrogen-bond donors (Lipinski definition) is 1. The van der Waals surface area contributed by atoms with Crippen LogP contribution in [-0.4, -0.2) is 56.7 Å². The lowest BCUT2D eigenvalue weighted by Gasteiger charge is -2.14. The molecule has 15 heteroatoms. The second-order valence-electron chi connectivity index (χ2n) is 10.0. The Morgan fingerprint density at radius 1 is 1.12 bits per heavy atom. The second-order valence-corrected chi connectivity index (χ2v) is 10.0. The van der Waals surface area contributed by atoms with E-state index in [2.05, 4.69) is 25.5 Å². The molecule has 43 heavy (non-hydrogen) atoms. The number of carbonyl (C=O) groups is 2. The number of methoxy groups -OCH3 is 1. The number of nitrogens with zero attached hydrogens (tertiary/aromatic N) is 5. The van der Waals surface area contributed by atoms with Crippen LogP contribution in [0.25, 0.3) is 11.1 Å². The van der Waals surface area contributed by atoms with Crippen LogP contribution in [0.3, 0.4) is 0 Å². The van der Waals surface area contributed by atoms with E-state index in [4.69, 9.17) is 14.0 Å². The molecule has 1 aliphatic carbocycles. The van der Waals surface area contributed by atoms with Gasteiger partial charge in [0.15, 0.2) is 11.6 Å². The molecule has 1 aromatic carbocycles. The lowest BCUT2D eigenvalue weighted by molar-refractivity contribution is -0.165. The van der Waals surface area contributed by atoms with Crippen molar-refractivity contribution < 1.29 is 41.1 Å². The van der Waals surface area contributed by atoms with Crippen LogP contribution < -0.4 is 10.1 Å². The Kier molecular flexibility index (Phi) is 8.15. The minimum atomic E-state index is -4.48. The van der Waals surface area contributed by atoms with E-state index in [1.807, 2.05) is 0 Å². The van der Waals surface area contributed by atoms with Gasteiger partial charge in [-0.3, -0.25) is 14.3 Å². The largest absolute Gasteiger partial charge is 0.480 e. The number of carbonyl (C=O) groups excluding carboxylic acids is 2. The van der Waals surface area contributed by atoms with E-state index in [0.717, 1.165) is 11.6 Å². The molecule has 1 N–H and O–H groups in total. The summed E-state index contributed by atoms with van der Waals surface area (Å²) >= 11 is 0. The molecule has 0 bridgehead atoms. The van der Waals surface area contributed by atoms with E-state index in [-0.39, 0.29) is 49.0 Å². The number of aromatic nitrogens is 5. The number of esters is 1. The van der Waals surface area contributed by atoms with Crippen molar-refractivity contribution in [2.24, 2.45) is 0 Å². The van der Waals surface area contributed by atoms with E-state index in [0.29, 0.717) is 35.8 Å². The smallest absolute Gasteiger partial charge is 0.401 e. The number of ether oxygens (including phenoxy) is 2. The van der Waals surface area contributed by atoms with Crippen LogP contribution >= 0.6 is 0 Å². The summed E-state index contributed by atoms with van der Waals surface area (Å²) in [4.78, 5) is 32.1. The van der Waals surface area contributed by atoms with Crippen LogP contribution in [0.4, 0.5) is 23.4 Å². The van der Waals surface area contributed by atoms with Gasteiger partial charge in [-0.15, -0.1) is 5.10 Å². The third kappa shape index (κ3) is 6.65. The quantitative estimate of drug-likeness (QED) is 0.196. The molecule has 0 radical (unpaired) electrons. The SMILES string of the molecule is COc1nn(CCOC(C)=O)cc1Cc1ncc(-c2ccc(CC(=O)Nc3cc(C4(C(F)(F)F)CC4)on3)c(F)c2)cn1. The van der Waals surface area contributed by atoms with Gasteiger partial charge in [-0.2, -0.15) is 13.2 Å². The van der Waals surface area contributed by atoms with Crippen molar-refractivity contribution in [3.8, 4) is 17.0 Å². The summed E-state index contributed by atoms with van der Waals surface area (Å²) in [7, 11) is 1.49. The fourth-order valence-corrected chi connectivity index (χ4v) is 4.49. The van der Waals surface area contributed by atoms with Crippen LogP contribution in [0.5, 0.6) is 5.88 Å². The predicted octanol–water partition coefficient (Wildman–Crippen LogP) is 4.40. The first-order chi connectivity index (χ1) is 20.5. The van der Waals surface area contributed by atoms with Crippen molar-refractivity contribution >= 4 is 17.7 Å². The third-order valence-corrected chi connectivity index (χ3v) is 6.95. The Hall–Kier alpha value is -4.82.